The van der Waals surface area contributed by atoms with Gasteiger partial charge in [-0.15, -0.1) is 0 Å². The van der Waals surface area contributed by atoms with Crippen LogP contribution in [-0.4, -0.2) is 61.7 Å². The van der Waals surface area contributed by atoms with Crippen LogP contribution in [-0.2, 0) is 0 Å². The Kier molecular flexibility index (Phi) is 4.22. The molecule has 0 amide bonds. The van der Waals surface area contributed by atoms with Gasteiger partial charge in [-0.25, -0.2) is 0 Å². The van der Waals surface area contributed by atoms with Gasteiger partial charge < -0.3 is 10.2 Å². The van der Waals surface area contributed by atoms with Crippen molar-refractivity contribution in [1.82, 2.24) is 15.1 Å². The first-order chi connectivity index (χ1) is 7.66. The molecule has 0 spiro atoms. The van der Waals surface area contributed by atoms with Crippen molar-refractivity contribution in [2.75, 3.05) is 33.7 Å². The Hall–Kier alpha value is -0.120. The third kappa shape index (κ3) is 2.96. The zero-order valence-electron chi connectivity index (χ0n) is 11.1. The second kappa shape index (κ2) is 5.48. The van der Waals surface area contributed by atoms with E-state index in [2.05, 4.69) is 36.1 Å². The van der Waals surface area contributed by atoms with E-state index in [1.807, 2.05) is 0 Å². The van der Waals surface area contributed by atoms with Gasteiger partial charge in [0.15, 0.2) is 0 Å². The number of hydrogen-bond donors (Lipinski definition) is 1. The average molecular weight is 225 g/mol. The third-order valence-corrected chi connectivity index (χ3v) is 4.03. The van der Waals surface area contributed by atoms with Gasteiger partial charge in [0.1, 0.15) is 0 Å². The molecular formula is C13H27N3. The maximum atomic E-state index is 3.62. The summed E-state index contributed by atoms with van der Waals surface area (Å²) >= 11 is 0. The van der Waals surface area contributed by atoms with Crippen molar-refractivity contribution in [2.45, 2.75) is 50.7 Å². The summed E-state index contributed by atoms with van der Waals surface area (Å²) < 4.78 is 0. The van der Waals surface area contributed by atoms with Crippen molar-refractivity contribution >= 4 is 0 Å². The molecule has 1 N–H and O–H groups in total. The molecule has 2 fully saturated rings. The first kappa shape index (κ1) is 12.3. The first-order valence-electron chi connectivity index (χ1n) is 6.80. The van der Waals surface area contributed by atoms with E-state index in [0.29, 0.717) is 12.1 Å². The van der Waals surface area contributed by atoms with Crippen LogP contribution in [0.3, 0.4) is 0 Å². The minimum Gasteiger partial charge on any atom is -0.311 e. The van der Waals surface area contributed by atoms with Crippen LogP contribution in [0, 0.1) is 0 Å². The molecule has 1 aliphatic carbocycles. The van der Waals surface area contributed by atoms with Gasteiger partial charge in [-0.2, -0.15) is 0 Å². The van der Waals surface area contributed by atoms with Gasteiger partial charge in [0.25, 0.3) is 0 Å². The van der Waals surface area contributed by atoms with Crippen LogP contribution in [0.1, 0.15) is 32.6 Å². The number of nitrogens with zero attached hydrogens (tertiary/aromatic N) is 2. The molecule has 3 nitrogen and oxygen atoms in total. The Morgan fingerprint density at radius 2 is 1.94 bits per heavy atom. The monoisotopic (exact) mass is 225 g/mol. The summed E-state index contributed by atoms with van der Waals surface area (Å²) in [4.78, 5) is 5.11. The van der Waals surface area contributed by atoms with E-state index >= 15 is 0 Å². The number of likely N-dealkylation sites (N-methyl/N-ethyl adjacent to an activating group) is 1. The highest BCUT2D eigenvalue weighted by Gasteiger charge is 2.32. The predicted octanol–water partition coefficient (Wildman–Crippen LogP) is 1.15. The van der Waals surface area contributed by atoms with E-state index in [0.717, 1.165) is 12.6 Å². The van der Waals surface area contributed by atoms with Crippen LogP contribution in [0.5, 0.6) is 0 Å². The molecule has 1 saturated heterocycles. The number of hydrogen-bond acceptors (Lipinski definition) is 3. The van der Waals surface area contributed by atoms with E-state index < -0.39 is 0 Å². The minimum atomic E-state index is 0.666. The molecule has 1 aliphatic heterocycles. The van der Waals surface area contributed by atoms with E-state index in [-0.39, 0.29) is 0 Å². The predicted molar refractivity (Wildman–Crippen MR) is 68.8 cm³/mol. The quantitative estimate of drug-likeness (QED) is 0.777. The van der Waals surface area contributed by atoms with Gasteiger partial charge in [-0.3, -0.25) is 4.90 Å². The number of nitrogens with one attached hydrogen (secondary N) is 1. The van der Waals surface area contributed by atoms with Gasteiger partial charge in [0.05, 0.1) is 0 Å². The van der Waals surface area contributed by atoms with Crippen LogP contribution in [0.4, 0.5) is 0 Å². The fourth-order valence-corrected chi connectivity index (χ4v) is 3.26. The van der Waals surface area contributed by atoms with Crippen LogP contribution in [0.25, 0.3) is 0 Å². The van der Waals surface area contributed by atoms with E-state index in [1.54, 1.807) is 0 Å². The van der Waals surface area contributed by atoms with E-state index in [1.165, 1.54) is 38.8 Å². The second-order valence-electron chi connectivity index (χ2n) is 5.86. The molecule has 1 saturated carbocycles. The molecule has 2 rings (SSSR count). The Morgan fingerprint density at radius 3 is 2.56 bits per heavy atom. The molecule has 0 aromatic rings. The summed E-state index contributed by atoms with van der Waals surface area (Å²) in [7, 11) is 4.37. The van der Waals surface area contributed by atoms with Crippen molar-refractivity contribution in [3.63, 3.8) is 0 Å². The molecule has 0 bridgehead atoms. The molecule has 0 aromatic heterocycles. The average Bonchev–Trinajstić information content (AvgIpc) is 2.73. The van der Waals surface area contributed by atoms with Crippen molar-refractivity contribution in [3.8, 4) is 0 Å². The number of piperazine rings is 1. The topological polar surface area (TPSA) is 18.5 Å². The highest BCUT2D eigenvalue weighted by Crippen LogP contribution is 2.26. The molecular weight excluding hydrogens is 198 g/mol. The van der Waals surface area contributed by atoms with Crippen molar-refractivity contribution < 1.29 is 0 Å². The summed E-state index contributed by atoms with van der Waals surface area (Å²) in [5.41, 5.74) is 0. The lowest BCUT2D eigenvalue weighted by molar-refractivity contribution is 0.0712. The molecule has 16 heavy (non-hydrogen) atoms. The standard InChI is InChI=1S/C13H27N3/c1-11-9-16(12-6-4-5-7-12)13(8-14-11)10-15(2)3/h11-14H,4-10H2,1-3H3. The van der Waals surface area contributed by atoms with Gasteiger partial charge in [-0.1, -0.05) is 12.8 Å². The van der Waals surface area contributed by atoms with Crippen LogP contribution < -0.4 is 5.32 Å². The fraction of sp³-hybridized carbons (Fsp3) is 1.00. The van der Waals surface area contributed by atoms with Crippen LogP contribution >= 0.6 is 0 Å². The lowest BCUT2D eigenvalue weighted by Crippen LogP contribution is -2.60. The van der Waals surface area contributed by atoms with E-state index in [4.69, 9.17) is 0 Å². The maximum absolute atomic E-state index is 3.62. The summed E-state index contributed by atoms with van der Waals surface area (Å²) in [6, 6.07) is 2.25. The summed E-state index contributed by atoms with van der Waals surface area (Å²) in [6.45, 7) is 5.91. The van der Waals surface area contributed by atoms with Crippen LogP contribution in [0.15, 0.2) is 0 Å². The normalized spacial score (nSPS) is 33.8. The molecule has 94 valence electrons. The van der Waals surface area contributed by atoms with Crippen LogP contribution in [0.2, 0.25) is 0 Å². The Morgan fingerprint density at radius 1 is 1.25 bits per heavy atom. The largest absolute Gasteiger partial charge is 0.311 e. The third-order valence-electron chi connectivity index (χ3n) is 4.03. The lowest BCUT2D eigenvalue weighted by Gasteiger charge is -2.44. The Bertz CT molecular complexity index is 211. The summed E-state index contributed by atoms with van der Waals surface area (Å²) in [5, 5.41) is 3.62. The van der Waals surface area contributed by atoms with Gasteiger partial charge >= 0.3 is 0 Å². The SMILES string of the molecule is CC1CN(C2CCCC2)C(CN(C)C)CN1. The Labute approximate surface area is 100 Å². The molecule has 0 aromatic carbocycles. The smallest absolute Gasteiger partial charge is 0.0351 e. The zero-order valence-corrected chi connectivity index (χ0v) is 11.1. The first-order valence-corrected chi connectivity index (χ1v) is 6.80. The second-order valence-corrected chi connectivity index (χ2v) is 5.86. The maximum Gasteiger partial charge on any atom is 0.0351 e. The van der Waals surface area contributed by atoms with Crippen molar-refractivity contribution in [3.05, 3.63) is 0 Å². The molecule has 0 radical (unpaired) electrons. The van der Waals surface area contributed by atoms with Gasteiger partial charge in [0.2, 0.25) is 0 Å². The Balaban J connectivity index is 1.96. The zero-order chi connectivity index (χ0) is 11.5. The highest BCUT2D eigenvalue weighted by atomic mass is 15.3. The summed E-state index contributed by atoms with van der Waals surface area (Å²) in [5.74, 6) is 0. The minimum absolute atomic E-state index is 0.666. The molecule has 2 unspecified atom stereocenters. The van der Waals surface area contributed by atoms with Gasteiger partial charge in [0, 0.05) is 37.8 Å². The van der Waals surface area contributed by atoms with E-state index in [9.17, 15) is 0 Å². The van der Waals surface area contributed by atoms with Crippen molar-refractivity contribution in [1.29, 1.82) is 0 Å². The molecule has 3 heteroatoms. The van der Waals surface area contributed by atoms with Crippen molar-refractivity contribution in [2.24, 2.45) is 0 Å². The highest BCUT2D eigenvalue weighted by molar-refractivity contribution is 4.91. The molecule has 1 heterocycles. The fourth-order valence-electron chi connectivity index (χ4n) is 3.26. The molecule has 2 atom stereocenters. The van der Waals surface area contributed by atoms with Gasteiger partial charge in [-0.05, 0) is 33.9 Å². The lowest BCUT2D eigenvalue weighted by atomic mass is 10.0. The summed E-state index contributed by atoms with van der Waals surface area (Å²) in [6.07, 6.45) is 5.74. The number of rotatable bonds is 3. The molecule has 2 aliphatic rings.